The average Bonchev–Trinajstić information content (AvgIpc) is 2.94. The van der Waals surface area contributed by atoms with Gasteiger partial charge in [-0.15, -0.1) is 0 Å². The number of rotatable bonds is 3. The zero-order chi connectivity index (χ0) is 21.2. The molecule has 0 bridgehead atoms. The Morgan fingerprint density at radius 2 is 2.14 bits per heavy atom. The molecule has 1 aromatic heterocycles. The summed E-state index contributed by atoms with van der Waals surface area (Å²) in [5.74, 6) is -1.33. The van der Waals surface area contributed by atoms with Crippen LogP contribution in [0.4, 0.5) is 9.18 Å². The highest BCUT2D eigenvalue weighted by Crippen LogP contribution is 2.34. The predicted octanol–water partition coefficient (Wildman–Crippen LogP) is 4.96. The molecular weight excluding hydrogens is 385 g/mol. The molecule has 6 nitrogen and oxygen atoms in total. The zero-order valence-corrected chi connectivity index (χ0v) is 16.7. The second kappa shape index (κ2) is 7.95. The van der Waals surface area contributed by atoms with Gasteiger partial charge in [0, 0.05) is 0 Å². The Labute approximate surface area is 167 Å². The third kappa shape index (κ3) is 4.12. The Kier molecular flexibility index (Phi) is 6.05. The summed E-state index contributed by atoms with van der Waals surface area (Å²) < 4.78 is 19.7. The molecular formula is C20H19ClFN3O3. The highest BCUT2D eigenvalue weighted by atomic mass is 35.5. The molecule has 0 aromatic carbocycles. The summed E-state index contributed by atoms with van der Waals surface area (Å²) in [7, 11) is 0. The molecule has 1 aliphatic rings. The third-order valence-corrected chi connectivity index (χ3v) is 4.07. The largest absolute Gasteiger partial charge is 0.443 e. The molecule has 8 heteroatoms. The van der Waals surface area contributed by atoms with E-state index in [1.54, 1.807) is 20.8 Å². The lowest BCUT2D eigenvalue weighted by molar-refractivity contribution is 0.0247. The molecule has 2 amide bonds. The summed E-state index contributed by atoms with van der Waals surface area (Å²) in [5.41, 5.74) is -0.602. The lowest BCUT2D eigenvalue weighted by atomic mass is 10.0. The minimum absolute atomic E-state index is 0.00110. The normalized spacial score (nSPS) is 15.0. The van der Waals surface area contributed by atoms with Gasteiger partial charge in [-0.2, -0.15) is 5.26 Å². The number of halogens is 2. The van der Waals surface area contributed by atoms with Gasteiger partial charge >= 0.3 is 6.09 Å². The molecule has 2 heterocycles. The van der Waals surface area contributed by atoms with Crippen LogP contribution in [0.25, 0.3) is 5.57 Å². The number of aromatic nitrogens is 1. The predicted molar refractivity (Wildman–Crippen MR) is 103 cm³/mol. The number of pyridine rings is 1. The molecule has 0 fully saturated rings. The third-order valence-electron chi connectivity index (χ3n) is 3.77. The van der Waals surface area contributed by atoms with E-state index in [0.717, 1.165) is 4.90 Å². The molecule has 2 rings (SSSR count). The van der Waals surface area contributed by atoms with Gasteiger partial charge in [-0.3, -0.25) is 4.79 Å². The highest BCUT2D eigenvalue weighted by molar-refractivity contribution is 6.34. The van der Waals surface area contributed by atoms with E-state index in [1.165, 1.54) is 25.1 Å². The Morgan fingerprint density at radius 1 is 1.50 bits per heavy atom. The van der Waals surface area contributed by atoms with Crippen LogP contribution in [0.15, 0.2) is 36.2 Å². The minimum Gasteiger partial charge on any atom is -0.443 e. The Bertz CT molecular complexity index is 968. The van der Waals surface area contributed by atoms with Gasteiger partial charge in [0.15, 0.2) is 0 Å². The number of carbonyl (C=O) groups is 2. The van der Waals surface area contributed by atoms with Crippen LogP contribution in [0.5, 0.6) is 0 Å². The van der Waals surface area contributed by atoms with Gasteiger partial charge in [-0.1, -0.05) is 30.3 Å². The fourth-order valence-corrected chi connectivity index (χ4v) is 2.88. The molecule has 146 valence electrons. The molecule has 0 spiro atoms. The Hall–Kier alpha value is -2.98. The van der Waals surface area contributed by atoms with Crippen molar-refractivity contribution in [3.05, 3.63) is 58.2 Å². The quantitative estimate of drug-likeness (QED) is 0.526. The summed E-state index contributed by atoms with van der Waals surface area (Å²) in [4.78, 5) is 30.1. The van der Waals surface area contributed by atoms with E-state index in [2.05, 4.69) is 11.6 Å². The summed E-state index contributed by atoms with van der Waals surface area (Å²) in [6, 6.07) is 3.15. The van der Waals surface area contributed by atoms with Crippen LogP contribution in [0.3, 0.4) is 0 Å². The first-order valence-electron chi connectivity index (χ1n) is 8.37. The van der Waals surface area contributed by atoms with Crippen molar-refractivity contribution in [2.75, 3.05) is 0 Å². The van der Waals surface area contributed by atoms with Gasteiger partial charge in [0.05, 0.1) is 45.7 Å². The number of amides is 2. The lowest BCUT2D eigenvalue weighted by Crippen LogP contribution is -2.36. The number of nitriles is 1. The maximum Gasteiger partial charge on any atom is 0.417 e. The second-order valence-corrected chi connectivity index (χ2v) is 7.33. The molecule has 0 atom stereocenters. The molecule has 0 saturated carbocycles. The van der Waals surface area contributed by atoms with Crippen molar-refractivity contribution >= 4 is 29.2 Å². The molecule has 0 N–H and O–H groups in total. The van der Waals surface area contributed by atoms with Gasteiger partial charge in [-0.25, -0.2) is 19.1 Å². The number of allylic oxidation sites excluding steroid dienone is 5. The Balaban J connectivity index is 2.56. The summed E-state index contributed by atoms with van der Waals surface area (Å²) in [5, 5.41) is 9.27. The summed E-state index contributed by atoms with van der Waals surface area (Å²) >= 11 is 6.24. The molecule has 0 unspecified atom stereocenters. The molecule has 28 heavy (non-hydrogen) atoms. The molecule has 0 saturated heterocycles. The van der Waals surface area contributed by atoms with Gasteiger partial charge in [-0.05, 0) is 33.8 Å². The SMILES string of the molecule is C=C/C(C#N)=C(\C(F)=C/C)c1cc(Cl)c2c(n1)CN(C(=O)OC(C)(C)C)C2=O. The second-order valence-electron chi connectivity index (χ2n) is 6.92. The fourth-order valence-electron chi connectivity index (χ4n) is 2.59. The molecule has 1 aromatic rings. The van der Waals surface area contributed by atoms with E-state index < -0.39 is 23.4 Å². The van der Waals surface area contributed by atoms with Crippen LogP contribution in [0.1, 0.15) is 49.4 Å². The van der Waals surface area contributed by atoms with Gasteiger partial charge in [0.1, 0.15) is 11.4 Å². The number of fused-ring (bicyclic) bond motifs is 1. The lowest BCUT2D eigenvalue weighted by Gasteiger charge is -2.23. The van der Waals surface area contributed by atoms with Crippen LogP contribution < -0.4 is 0 Å². The number of imide groups is 1. The topological polar surface area (TPSA) is 83.3 Å². The first kappa shape index (κ1) is 21.3. The zero-order valence-electron chi connectivity index (χ0n) is 16.0. The van der Waals surface area contributed by atoms with Crippen molar-refractivity contribution in [3.8, 4) is 6.07 Å². The summed E-state index contributed by atoms with van der Waals surface area (Å²) in [6.45, 7) is 9.85. The van der Waals surface area contributed by atoms with Gasteiger partial charge < -0.3 is 4.74 Å². The first-order chi connectivity index (χ1) is 13.0. The van der Waals surface area contributed by atoms with Crippen molar-refractivity contribution in [2.24, 2.45) is 0 Å². The van der Waals surface area contributed by atoms with E-state index in [4.69, 9.17) is 16.3 Å². The van der Waals surface area contributed by atoms with Gasteiger partial charge in [0.25, 0.3) is 5.91 Å². The molecule has 0 radical (unpaired) electrons. The van der Waals surface area contributed by atoms with Gasteiger partial charge in [0.2, 0.25) is 0 Å². The molecule has 1 aliphatic heterocycles. The smallest absolute Gasteiger partial charge is 0.417 e. The Morgan fingerprint density at radius 3 is 2.64 bits per heavy atom. The number of hydrogen-bond donors (Lipinski definition) is 0. The monoisotopic (exact) mass is 403 g/mol. The minimum atomic E-state index is -0.827. The highest BCUT2D eigenvalue weighted by Gasteiger charge is 2.38. The van der Waals surface area contributed by atoms with Crippen molar-refractivity contribution in [1.29, 1.82) is 5.26 Å². The van der Waals surface area contributed by atoms with E-state index in [1.807, 2.05) is 6.07 Å². The van der Waals surface area contributed by atoms with Crippen molar-refractivity contribution in [2.45, 2.75) is 39.8 Å². The number of nitrogens with zero attached hydrogens (tertiary/aromatic N) is 3. The fraction of sp³-hybridized carbons (Fsp3) is 0.300. The van der Waals surface area contributed by atoms with Crippen molar-refractivity contribution in [3.63, 3.8) is 0 Å². The van der Waals surface area contributed by atoms with Crippen LogP contribution in [-0.4, -0.2) is 27.5 Å². The number of carbonyl (C=O) groups excluding carboxylic acids is 2. The number of hydrogen-bond acceptors (Lipinski definition) is 5. The van der Waals surface area contributed by atoms with Crippen LogP contribution >= 0.6 is 11.6 Å². The average molecular weight is 404 g/mol. The molecule has 0 aliphatic carbocycles. The maximum atomic E-state index is 14.4. The first-order valence-corrected chi connectivity index (χ1v) is 8.75. The van der Waals surface area contributed by atoms with Crippen molar-refractivity contribution in [1.82, 2.24) is 9.88 Å². The van der Waals surface area contributed by atoms with Crippen molar-refractivity contribution < 1.29 is 18.7 Å². The van der Waals surface area contributed by atoms with Crippen LogP contribution in [0, 0.1) is 11.3 Å². The maximum absolute atomic E-state index is 14.4. The van der Waals surface area contributed by atoms with E-state index in [0.29, 0.717) is 0 Å². The van der Waals surface area contributed by atoms with Crippen LogP contribution in [-0.2, 0) is 11.3 Å². The standard InChI is InChI=1S/C20H19ClFN3O3/c1-6-11(9-23)16(13(22)7-2)14-8-12(21)17-15(24-14)10-25(18(17)26)19(27)28-20(3,4)5/h6-8H,1,10H2,2-5H3/b13-7+,16-11-. The van der Waals surface area contributed by atoms with Crippen LogP contribution in [0.2, 0.25) is 5.02 Å². The summed E-state index contributed by atoms with van der Waals surface area (Å²) in [6.07, 6.45) is 1.56. The van der Waals surface area contributed by atoms with E-state index >= 15 is 0 Å². The van der Waals surface area contributed by atoms with E-state index in [-0.39, 0.29) is 39.7 Å². The number of ether oxygens (including phenoxy) is 1. The van der Waals surface area contributed by atoms with E-state index in [9.17, 15) is 19.2 Å².